The molecule has 0 fully saturated rings. The Balaban J connectivity index is 1.98. The second-order valence-corrected chi connectivity index (χ2v) is 5.37. The van der Waals surface area contributed by atoms with Crippen LogP contribution in [0.3, 0.4) is 0 Å². The van der Waals surface area contributed by atoms with Gasteiger partial charge in [0.1, 0.15) is 0 Å². The van der Waals surface area contributed by atoms with E-state index in [4.69, 9.17) is 0 Å². The van der Waals surface area contributed by atoms with Gasteiger partial charge in [0.2, 0.25) is 0 Å². The average Bonchev–Trinajstić information content (AvgIpc) is 2.83. The molecule has 0 spiro atoms. The highest BCUT2D eigenvalue weighted by Gasteiger charge is 2.16. The van der Waals surface area contributed by atoms with Crippen molar-refractivity contribution >= 4 is 10.9 Å². The van der Waals surface area contributed by atoms with Gasteiger partial charge in [-0.2, -0.15) is 5.10 Å². The number of hydrogen-bond acceptors (Lipinski definition) is 3. The monoisotopic (exact) mass is 280 g/mol. The molecule has 2 heterocycles. The van der Waals surface area contributed by atoms with E-state index in [0.29, 0.717) is 0 Å². The van der Waals surface area contributed by atoms with Gasteiger partial charge in [0, 0.05) is 18.6 Å². The third-order valence-corrected chi connectivity index (χ3v) is 3.91. The molecule has 4 heteroatoms. The van der Waals surface area contributed by atoms with Crippen LogP contribution in [0.25, 0.3) is 10.9 Å². The molecule has 0 bridgehead atoms. The Morgan fingerprint density at radius 1 is 1.24 bits per heavy atom. The van der Waals surface area contributed by atoms with Gasteiger partial charge in [0.05, 0.1) is 22.9 Å². The summed E-state index contributed by atoms with van der Waals surface area (Å²) in [5, 5.41) is 9.07. The minimum Gasteiger partial charge on any atom is -0.311 e. The topological polar surface area (TPSA) is 42.7 Å². The average molecular weight is 280 g/mol. The SMILES string of the molecule is CNC(Cc1ccnc2ccccc12)c1cc(C)nn1C. The summed E-state index contributed by atoms with van der Waals surface area (Å²) in [7, 11) is 3.99. The van der Waals surface area contributed by atoms with E-state index in [1.54, 1.807) is 0 Å². The van der Waals surface area contributed by atoms with Crippen molar-refractivity contribution in [2.45, 2.75) is 19.4 Å². The van der Waals surface area contributed by atoms with E-state index in [2.05, 4.69) is 45.7 Å². The van der Waals surface area contributed by atoms with Crippen molar-refractivity contribution in [3.05, 3.63) is 59.5 Å². The van der Waals surface area contributed by atoms with Crippen LogP contribution < -0.4 is 5.32 Å². The van der Waals surface area contributed by atoms with Crippen molar-refractivity contribution in [2.75, 3.05) is 7.05 Å². The van der Waals surface area contributed by atoms with Gasteiger partial charge in [0.25, 0.3) is 0 Å². The first kappa shape index (κ1) is 13.8. The van der Waals surface area contributed by atoms with Crippen LogP contribution in [0.5, 0.6) is 0 Å². The number of nitrogens with zero attached hydrogens (tertiary/aromatic N) is 3. The van der Waals surface area contributed by atoms with Crippen LogP contribution in [0.15, 0.2) is 42.6 Å². The molecule has 21 heavy (non-hydrogen) atoms. The molecule has 4 nitrogen and oxygen atoms in total. The predicted octanol–water partition coefficient (Wildman–Crippen LogP) is 2.78. The van der Waals surface area contributed by atoms with Gasteiger partial charge in [0.15, 0.2) is 0 Å². The summed E-state index contributed by atoms with van der Waals surface area (Å²) < 4.78 is 1.96. The van der Waals surface area contributed by atoms with E-state index in [-0.39, 0.29) is 6.04 Å². The number of nitrogens with one attached hydrogen (secondary N) is 1. The lowest BCUT2D eigenvalue weighted by Crippen LogP contribution is -2.21. The van der Waals surface area contributed by atoms with Crippen LogP contribution in [0.1, 0.15) is 23.0 Å². The third-order valence-electron chi connectivity index (χ3n) is 3.91. The van der Waals surface area contributed by atoms with Crippen molar-refractivity contribution in [2.24, 2.45) is 7.05 Å². The van der Waals surface area contributed by atoms with Crippen LogP contribution in [-0.2, 0) is 13.5 Å². The molecular formula is C17H20N4. The minimum atomic E-state index is 0.238. The fourth-order valence-electron chi connectivity index (χ4n) is 2.86. The van der Waals surface area contributed by atoms with E-state index >= 15 is 0 Å². The first-order valence-electron chi connectivity index (χ1n) is 7.19. The van der Waals surface area contributed by atoms with Crippen LogP contribution in [-0.4, -0.2) is 21.8 Å². The van der Waals surface area contributed by atoms with Gasteiger partial charge in [-0.25, -0.2) is 0 Å². The van der Waals surface area contributed by atoms with Crippen LogP contribution in [0.4, 0.5) is 0 Å². The maximum atomic E-state index is 4.45. The highest BCUT2D eigenvalue weighted by Crippen LogP contribution is 2.23. The highest BCUT2D eigenvalue weighted by atomic mass is 15.3. The number of hydrogen-bond donors (Lipinski definition) is 1. The molecular weight excluding hydrogens is 260 g/mol. The van der Waals surface area contributed by atoms with Crippen molar-refractivity contribution in [3.8, 4) is 0 Å². The lowest BCUT2D eigenvalue weighted by molar-refractivity contribution is 0.538. The Labute approximate surface area is 124 Å². The normalized spacial score (nSPS) is 12.7. The maximum Gasteiger partial charge on any atom is 0.0704 e. The second kappa shape index (κ2) is 5.66. The summed E-state index contributed by atoms with van der Waals surface area (Å²) in [6, 6.07) is 12.8. The number of benzene rings is 1. The summed E-state index contributed by atoms with van der Waals surface area (Å²) in [6.07, 6.45) is 2.80. The molecule has 0 saturated carbocycles. The lowest BCUT2D eigenvalue weighted by Gasteiger charge is -2.17. The van der Waals surface area contributed by atoms with Gasteiger partial charge in [-0.3, -0.25) is 9.67 Å². The maximum absolute atomic E-state index is 4.45. The number of likely N-dealkylation sites (N-methyl/N-ethyl adjacent to an activating group) is 1. The molecule has 1 unspecified atom stereocenters. The zero-order valence-electron chi connectivity index (χ0n) is 12.7. The summed E-state index contributed by atoms with van der Waals surface area (Å²) in [5.41, 5.74) is 4.60. The number of aromatic nitrogens is 3. The molecule has 3 aromatic rings. The van der Waals surface area contributed by atoms with Gasteiger partial charge >= 0.3 is 0 Å². The zero-order valence-corrected chi connectivity index (χ0v) is 12.7. The van der Waals surface area contributed by atoms with E-state index < -0.39 is 0 Å². The van der Waals surface area contributed by atoms with Gasteiger partial charge in [-0.05, 0) is 44.2 Å². The molecule has 3 rings (SSSR count). The Kier molecular flexibility index (Phi) is 3.71. The van der Waals surface area contributed by atoms with E-state index in [1.807, 2.05) is 38.0 Å². The Morgan fingerprint density at radius 2 is 2.05 bits per heavy atom. The van der Waals surface area contributed by atoms with Crippen LogP contribution >= 0.6 is 0 Å². The Bertz CT molecular complexity index is 755. The van der Waals surface area contributed by atoms with Crippen molar-refractivity contribution in [3.63, 3.8) is 0 Å². The number of fused-ring (bicyclic) bond motifs is 1. The quantitative estimate of drug-likeness (QED) is 0.799. The highest BCUT2D eigenvalue weighted by molar-refractivity contribution is 5.81. The molecule has 1 atom stereocenters. The van der Waals surface area contributed by atoms with E-state index in [9.17, 15) is 0 Å². The van der Waals surface area contributed by atoms with Gasteiger partial charge in [-0.1, -0.05) is 18.2 Å². The number of para-hydroxylation sites is 1. The molecule has 0 amide bonds. The molecule has 0 aliphatic rings. The molecule has 0 radical (unpaired) electrons. The molecule has 0 saturated heterocycles. The zero-order chi connectivity index (χ0) is 14.8. The molecule has 2 aromatic heterocycles. The summed E-state index contributed by atoms with van der Waals surface area (Å²) in [4.78, 5) is 4.43. The Morgan fingerprint density at radius 3 is 2.76 bits per heavy atom. The summed E-state index contributed by atoms with van der Waals surface area (Å²) in [5.74, 6) is 0. The number of aryl methyl sites for hydroxylation is 2. The Hall–Kier alpha value is -2.20. The summed E-state index contributed by atoms with van der Waals surface area (Å²) >= 11 is 0. The van der Waals surface area contributed by atoms with E-state index in [0.717, 1.165) is 17.6 Å². The van der Waals surface area contributed by atoms with Gasteiger partial charge in [-0.15, -0.1) is 0 Å². The second-order valence-electron chi connectivity index (χ2n) is 5.37. The molecule has 1 N–H and O–H groups in total. The molecule has 1 aromatic carbocycles. The molecule has 0 aliphatic carbocycles. The molecule has 0 aliphatic heterocycles. The van der Waals surface area contributed by atoms with Crippen molar-refractivity contribution in [1.82, 2.24) is 20.1 Å². The minimum absolute atomic E-state index is 0.238. The van der Waals surface area contributed by atoms with Crippen molar-refractivity contribution < 1.29 is 0 Å². The largest absolute Gasteiger partial charge is 0.311 e. The van der Waals surface area contributed by atoms with Crippen molar-refractivity contribution in [1.29, 1.82) is 0 Å². The van der Waals surface area contributed by atoms with E-state index in [1.165, 1.54) is 16.6 Å². The number of pyridine rings is 1. The first-order chi connectivity index (χ1) is 10.2. The number of rotatable bonds is 4. The van der Waals surface area contributed by atoms with Crippen LogP contribution in [0.2, 0.25) is 0 Å². The predicted molar refractivity (Wildman–Crippen MR) is 85.2 cm³/mol. The standard InChI is InChI=1S/C17H20N4/c1-12-10-17(21(3)20-12)16(18-2)11-13-8-9-19-15-7-5-4-6-14(13)15/h4-10,16,18H,11H2,1-3H3. The van der Waals surface area contributed by atoms with Gasteiger partial charge < -0.3 is 5.32 Å². The first-order valence-corrected chi connectivity index (χ1v) is 7.19. The fraction of sp³-hybridized carbons (Fsp3) is 0.294. The molecule has 108 valence electrons. The fourth-order valence-corrected chi connectivity index (χ4v) is 2.86. The smallest absolute Gasteiger partial charge is 0.0704 e. The van der Waals surface area contributed by atoms with Crippen LogP contribution in [0, 0.1) is 6.92 Å². The lowest BCUT2D eigenvalue weighted by atomic mass is 10.00. The third kappa shape index (κ3) is 2.67. The summed E-state index contributed by atoms with van der Waals surface area (Å²) in [6.45, 7) is 2.03.